The van der Waals surface area contributed by atoms with Gasteiger partial charge in [-0.1, -0.05) is 145 Å². The summed E-state index contributed by atoms with van der Waals surface area (Å²) in [7, 11) is 0. The molecule has 0 spiro atoms. The summed E-state index contributed by atoms with van der Waals surface area (Å²) in [6, 6.07) is 27.3. The normalized spacial score (nSPS) is 11.4. The lowest BCUT2D eigenvalue weighted by Crippen LogP contribution is -2.03. The molecule has 40 heavy (non-hydrogen) atoms. The summed E-state index contributed by atoms with van der Waals surface area (Å²) in [5.41, 5.74) is 0.957. The molecule has 0 heterocycles. The van der Waals surface area contributed by atoms with Gasteiger partial charge in [0.15, 0.2) is 0 Å². The van der Waals surface area contributed by atoms with Crippen molar-refractivity contribution in [3.63, 3.8) is 0 Å². The Morgan fingerprint density at radius 1 is 0.550 bits per heavy atom. The van der Waals surface area contributed by atoms with Crippen molar-refractivity contribution in [3.05, 3.63) is 95.6 Å². The second-order valence-corrected chi connectivity index (χ2v) is 16.8. The number of para-hydroxylation sites is 2. The van der Waals surface area contributed by atoms with Gasteiger partial charge in [0.2, 0.25) is 0 Å². The van der Waals surface area contributed by atoms with Crippen LogP contribution < -0.4 is 9.05 Å². The molecule has 0 bridgehead atoms. The summed E-state index contributed by atoms with van der Waals surface area (Å²) >= 11 is 7.92. The molecule has 3 aromatic carbocycles. The highest BCUT2D eigenvalue weighted by molar-refractivity contribution is 8.67. The molecular weight excluding hydrogens is 547 g/mol. The first-order chi connectivity index (χ1) is 19.6. The number of unbranched alkanes of at least 4 members (excludes halogenated alkanes) is 10. The molecule has 0 unspecified atom stereocenters. The molecule has 0 saturated heterocycles. The van der Waals surface area contributed by atoms with Crippen molar-refractivity contribution in [1.82, 2.24) is 0 Å². The molecule has 0 aromatic heterocycles. The maximum absolute atomic E-state index is 6.75. The van der Waals surface area contributed by atoms with Crippen molar-refractivity contribution in [2.45, 2.75) is 109 Å². The maximum atomic E-state index is 6.75. The zero-order valence-corrected chi connectivity index (χ0v) is 27.2. The highest BCUT2D eigenvalue weighted by Gasteiger charge is 2.26. The Balaban J connectivity index is 1.73. The van der Waals surface area contributed by atoms with E-state index in [1.807, 2.05) is 18.2 Å². The van der Waals surface area contributed by atoms with Gasteiger partial charge in [-0.25, -0.2) is 0 Å². The molecule has 0 radical (unpaired) electrons. The van der Waals surface area contributed by atoms with Crippen molar-refractivity contribution in [3.8, 4) is 11.5 Å². The Labute approximate surface area is 253 Å². The molecule has 0 saturated carbocycles. The fourth-order valence-electron chi connectivity index (χ4n) is 4.83. The summed E-state index contributed by atoms with van der Waals surface area (Å²) in [6.07, 6.45) is 17.4. The van der Waals surface area contributed by atoms with E-state index in [-0.39, 0.29) is 0 Å². The molecule has 2 nitrogen and oxygen atoms in total. The van der Waals surface area contributed by atoms with Gasteiger partial charge in [0.25, 0.3) is 0 Å². The van der Waals surface area contributed by atoms with Crippen LogP contribution in [0.2, 0.25) is 0 Å². The first-order valence-corrected chi connectivity index (χ1v) is 19.7. The van der Waals surface area contributed by atoms with Gasteiger partial charge in [-0.05, 0) is 77.7 Å². The van der Waals surface area contributed by atoms with E-state index < -0.39 is 5.69 Å². The number of benzene rings is 3. The predicted molar refractivity (Wildman–Crippen MR) is 180 cm³/mol. The Hall–Kier alpha value is -1.74. The second-order valence-electron chi connectivity index (χ2n) is 10.6. The Morgan fingerprint density at radius 3 is 1.48 bits per heavy atom. The molecule has 5 heteroatoms. The molecule has 0 aliphatic carbocycles. The predicted octanol–water partition coefficient (Wildman–Crippen LogP) is 12.1. The minimum Gasteiger partial charge on any atom is -0.428 e. The van der Waals surface area contributed by atoms with Gasteiger partial charge in [-0.2, -0.15) is 0 Å². The molecule has 0 fully saturated rings. The molecular formula is C35H49O2PS2. The summed E-state index contributed by atoms with van der Waals surface area (Å²) in [5, 5.41) is 0. The van der Waals surface area contributed by atoms with Crippen molar-refractivity contribution >= 4 is 28.9 Å². The van der Waals surface area contributed by atoms with Gasteiger partial charge in [0.1, 0.15) is 11.5 Å². The van der Waals surface area contributed by atoms with E-state index in [4.69, 9.17) is 20.9 Å². The molecule has 0 aliphatic rings. The first kappa shape index (κ1) is 32.8. The number of aryl methyl sites for hydroxylation is 2. The topological polar surface area (TPSA) is 18.5 Å². The van der Waals surface area contributed by atoms with Crippen LogP contribution in [-0.4, -0.2) is 0 Å². The van der Waals surface area contributed by atoms with E-state index in [0.717, 1.165) is 30.1 Å². The van der Waals surface area contributed by atoms with Crippen molar-refractivity contribution in [2.75, 3.05) is 0 Å². The third kappa shape index (κ3) is 12.4. The largest absolute Gasteiger partial charge is 0.428 e. The van der Waals surface area contributed by atoms with Crippen LogP contribution >= 0.6 is 17.1 Å². The quantitative estimate of drug-likeness (QED) is 0.0899. The molecule has 0 atom stereocenters. The van der Waals surface area contributed by atoms with Crippen LogP contribution in [0.15, 0.2) is 78.9 Å². The third-order valence-corrected chi connectivity index (χ3v) is 12.0. The van der Waals surface area contributed by atoms with E-state index in [9.17, 15) is 0 Å². The van der Waals surface area contributed by atoms with E-state index in [2.05, 4.69) is 74.5 Å². The van der Waals surface area contributed by atoms with Gasteiger partial charge in [0.05, 0.1) is 0 Å². The van der Waals surface area contributed by atoms with E-state index in [1.54, 1.807) is 11.4 Å². The van der Waals surface area contributed by atoms with Crippen molar-refractivity contribution in [1.29, 1.82) is 0 Å². The summed E-state index contributed by atoms with van der Waals surface area (Å²) in [5.74, 6) is 2.53. The van der Waals surface area contributed by atoms with Gasteiger partial charge < -0.3 is 9.05 Å². The molecule has 3 rings (SSSR count). The number of rotatable bonds is 21. The van der Waals surface area contributed by atoms with Crippen molar-refractivity contribution < 1.29 is 9.05 Å². The number of hydrogen-bond donors (Lipinski definition) is 0. The lowest BCUT2D eigenvalue weighted by molar-refractivity contribution is 0.495. The molecule has 3 aromatic rings. The smallest absolute Gasteiger partial charge is 0.348 e. The maximum Gasteiger partial charge on any atom is 0.348 e. The Kier molecular flexibility index (Phi) is 15.9. The van der Waals surface area contributed by atoms with E-state index in [0.29, 0.717) is 0 Å². The number of hydrogen-bond acceptors (Lipinski definition) is 4. The van der Waals surface area contributed by atoms with Gasteiger partial charge in [-0.3, -0.25) is 0 Å². The fraction of sp³-hybridized carbons (Fsp3) is 0.486. The fourth-order valence-corrected chi connectivity index (χ4v) is 8.99. The van der Waals surface area contributed by atoms with Crippen LogP contribution in [0.5, 0.6) is 11.5 Å². The Bertz CT molecular complexity index is 1070. The molecule has 0 amide bonds. The zero-order valence-electron chi connectivity index (χ0n) is 24.7. The van der Waals surface area contributed by atoms with E-state index >= 15 is 0 Å². The minimum atomic E-state index is -2.74. The van der Waals surface area contributed by atoms with Gasteiger partial charge >= 0.3 is 5.69 Å². The third-order valence-electron chi connectivity index (χ3n) is 7.20. The Morgan fingerprint density at radius 2 is 0.975 bits per heavy atom. The monoisotopic (exact) mass is 596 g/mol. The standard InChI is InChI=1S/C35H49O2PS2/c1-3-5-7-9-11-16-24-32-26-18-20-28-34(32)36-38(39,40-30-31-22-14-13-15-23-31)37-35-29-21-19-27-33(35)25-17-12-10-8-6-4-2/h13-15,18-23,26-29H,3-12,16-17,24-25,30H2,1-2H3. The van der Waals surface area contributed by atoms with E-state index in [1.165, 1.54) is 93.7 Å². The van der Waals surface area contributed by atoms with Gasteiger partial charge in [0, 0.05) is 5.75 Å². The van der Waals surface area contributed by atoms with Crippen LogP contribution in [0, 0.1) is 0 Å². The van der Waals surface area contributed by atoms with Crippen LogP contribution in [0.3, 0.4) is 0 Å². The SMILES string of the molecule is CCCCCCCCc1ccccc1OP(=S)(Oc1ccccc1CCCCCCCC)SCc1ccccc1. The average Bonchev–Trinajstić information content (AvgIpc) is 2.98. The minimum absolute atomic E-state index is 0.761. The van der Waals surface area contributed by atoms with Gasteiger partial charge in [-0.15, -0.1) is 0 Å². The lowest BCUT2D eigenvalue weighted by Gasteiger charge is -2.25. The molecule has 0 aliphatic heterocycles. The molecule has 218 valence electrons. The second kappa shape index (κ2) is 19.4. The lowest BCUT2D eigenvalue weighted by atomic mass is 10.0. The highest BCUT2D eigenvalue weighted by Crippen LogP contribution is 2.61. The summed E-state index contributed by atoms with van der Waals surface area (Å²) < 4.78 is 13.5. The van der Waals surface area contributed by atoms with Crippen LogP contribution in [0.25, 0.3) is 0 Å². The molecule has 0 N–H and O–H groups in total. The summed E-state index contributed by atoms with van der Waals surface area (Å²) in [4.78, 5) is 0. The average molecular weight is 597 g/mol. The van der Waals surface area contributed by atoms with Crippen molar-refractivity contribution in [2.24, 2.45) is 0 Å². The highest BCUT2D eigenvalue weighted by atomic mass is 32.9. The first-order valence-electron chi connectivity index (χ1n) is 15.5. The van der Waals surface area contributed by atoms with Crippen LogP contribution in [0.1, 0.15) is 108 Å². The zero-order chi connectivity index (χ0) is 28.3. The van der Waals surface area contributed by atoms with Crippen LogP contribution in [0.4, 0.5) is 0 Å². The van der Waals surface area contributed by atoms with Crippen LogP contribution in [-0.2, 0) is 30.4 Å². The summed E-state index contributed by atoms with van der Waals surface area (Å²) in [6.45, 7) is 4.53.